The third-order valence-electron chi connectivity index (χ3n) is 8.10. The summed E-state index contributed by atoms with van der Waals surface area (Å²) in [6.07, 6.45) is 0.980. The van der Waals surface area contributed by atoms with Crippen LogP contribution in [0.3, 0.4) is 0 Å². The molecule has 0 saturated carbocycles. The van der Waals surface area contributed by atoms with Gasteiger partial charge in [-0.15, -0.1) is 0 Å². The average Bonchev–Trinajstić information content (AvgIpc) is 3.55. The zero-order valence-electron chi connectivity index (χ0n) is 24.3. The number of rotatable bonds is 9. The number of carbonyl (C=O) groups is 1. The highest BCUT2D eigenvalue weighted by molar-refractivity contribution is 5.82. The molecular weight excluding hydrogens is 538 g/mol. The van der Waals surface area contributed by atoms with Gasteiger partial charge in [-0.2, -0.15) is 0 Å². The van der Waals surface area contributed by atoms with E-state index in [4.69, 9.17) is 9.47 Å². The standard InChI is InChI=1S/C36H35N3O4/c1-26-22-38(23-27-18-20-31(42-2)21-19-27)35(41)34(43-26)33(40)32-24-39(25-37-32)36(28-12-6-3-7-13-28,29-14-8-4-9-15-29)30-16-10-5-11-17-30/h3-21,24-26,33-34,40H,22-23H2,1-2H3/t26-,33?,34?/m1/s1. The SMILES string of the molecule is COc1ccc(CN2C[C@@H](C)OC(C(O)c3cn(C(c4ccccc4)(c4ccccc4)c4ccccc4)cn3)C2=O)cc1. The summed E-state index contributed by atoms with van der Waals surface area (Å²) >= 11 is 0. The van der Waals surface area contributed by atoms with E-state index in [9.17, 15) is 9.90 Å². The number of nitrogens with zero attached hydrogens (tertiary/aromatic N) is 3. The molecule has 4 aromatic carbocycles. The molecule has 0 spiro atoms. The van der Waals surface area contributed by atoms with E-state index in [1.54, 1.807) is 18.3 Å². The summed E-state index contributed by atoms with van der Waals surface area (Å²) in [4.78, 5) is 20.1. The van der Waals surface area contributed by atoms with Gasteiger partial charge in [0.2, 0.25) is 0 Å². The van der Waals surface area contributed by atoms with Gasteiger partial charge in [-0.25, -0.2) is 4.98 Å². The molecule has 1 N–H and O–H groups in total. The van der Waals surface area contributed by atoms with E-state index in [1.807, 2.05) is 96.6 Å². The van der Waals surface area contributed by atoms with Gasteiger partial charge in [-0.1, -0.05) is 103 Å². The smallest absolute Gasteiger partial charge is 0.255 e. The topological polar surface area (TPSA) is 76.8 Å². The summed E-state index contributed by atoms with van der Waals surface area (Å²) < 4.78 is 13.3. The van der Waals surface area contributed by atoms with Gasteiger partial charge in [0, 0.05) is 19.3 Å². The van der Waals surface area contributed by atoms with Crippen LogP contribution in [0.5, 0.6) is 5.75 Å². The molecule has 2 unspecified atom stereocenters. The number of benzene rings is 4. The van der Waals surface area contributed by atoms with Crippen molar-refractivity contribution in [3.05, 3.63) is 156 Å². The Labute approximate surface area is 252 Å². The number of morpholine rings is 1. The van der Waals surface area contributed by atoms with Crippen LogP contribution in [-0.4, -0.2) is 51.3 Å². The second-order valence-corrected chi connectivity index (χ2v) is 10.9. The number of amides is 1. The van der Waals surface area contributed by atoms with Gasteiger partial charge in [0.1, 0.15) is 17.4 Å². The van der Waals surface area contributed by atoms with E-state index >= 15 is 0 Å². The highest BCUT2D eigenvalue weighted by Gasteiger charge is 2.42. The normalized spacial score (nSPS) is 17.9. The van der Waals surface area contributed by atoms with E-state index in [0.29, 0.717) is 18.8 Å². The summed E-state index contributed by atoms with van der Waals surface area (Å²) in [7, 11) is 1.62. The van der Waals surface area contributed by atoms with Crippen molar-refractivity contribution in [1.29, 1.82) is 0 Å². The van der Waals surface area contributed by atoms with Gasteiger partial charge >= 0.3 is 0 Å². The molecule has 1 fully saturated rings. The number of hydrogen-bond donors (Lipinski definition) is 1. The molecule has 1 aliphatic rings. The average molecular weight is 574 g/mol. The number of hydrogen-bond acceptors (Lipinski definition) is 5. The lowest BCUT2D eigenvalue weighted by Gasteiger charge is -2.38. The number of aliphatic hydroxyl groups is 1. The molecule has 1 saturated heterocycles. The molecule has 1 aromatic heterocycles. The molecule has 0 aliphatic carbocycles. The first-order valence-corrected chi connectivity index (χ1v) is 14.5. The van der Waals surface area contributed by atoms with Crippen LogP contribution in [-0.2, 0) is 21.6 Å². The summed E-state index contributed by atoms with van der Waals surface area (Å²) in [5.74, 6) is 0.489. The number of aliphatic hydroxyl groups excluding tert-OH is 1. The Hall–Kier alpha value is -4.72. The minimum atomic E-state index is -1.25. The molecule has 5 aromatic rings. The molecule has 7 nitrogen and oxygen atoms in total. The lowest BCUT2D eigenvalue weighted by atomic mass is 9.77. The van der Waals surface area contributed by atoms with Crippen LogP contribution in [0.2, 0.25) is 0 Å². The third-order valence-corrected chi connectivity index (χ3v) is 8.10. The highest BCUT2D eigenvalue weighted by atomic mass is 16.5. The molecule has 6 rings (SSSR count). The largest absolute Gasteiger partial charge is 0.497 e. The summed E-state index contributed by atoms with van der Waals surface area (Å²) in [5.41, 5.74) is 3.67. The molecule has 0 radical (unpaired) electrons. The quantitative estimate of drug-likeness (QED) is 0.233. The number of methoxy groups -OCH3 is 1. The summed E-state index contributed by atoms with van der Waals surface area (Å²) in [6, 6.07) is 38.4. The summed E-state index contributed by atoms with van der Waals surface area (Å²) in [5, 5.41) is 11.6. The van der Waals surface area contributed by atoms with Crippen molar-refractivity contribution in [2.45, 2.75) is 37.3 Å². The van der Waals surface area contributed by atoms with E-state index in [1.165, 1.54) is 0 Å². The molecule has 2 heterocycles. The molecule has 0 bridgehead atoms. The second-order valence-electron chi connectivity index (χ2n) is 10.9. The minimum absolute atomic E-state index is 0.255. The lowest BCUT2D eigenvalue weighted by molar-refractivity contribution is -0.174. The van der Waals surface area contributed by atoms with Crippen molar-refractivity contribution in [2.75, 3.05) is 13.7 Å². The van der Waals surface area contributed by atoms with Crippen LogP contribution < -0.4 is 4.74 Å². The van der Waals surface area contributed by atoms with Crippen LogP contribution in [0.4, 0.5) is 0 Å². The molecular formula is C36H35N3O4. The maximum absolute atomic E-state index is 13.7. The first kappa shape index (κ1) is 28.4. The Morgan fingerprint density at radius 3 is 1.93 bits per heavy atom. The van der Waals surface area contributed by atoms with Crippen molar-refractivity contribution in [2.24, 2.45) is 0 Å². The zero-order chi connectivity index (χ0) is 29.8. The molecule has 7 heteroatoms. The maximum Gasteiger partial charge on any atom is 0.255 e. The van der Waals surface area contributed by atoms with Crippen LogP contribution >= 0.6 is 0 Å². The predicted molar refractivity (Wildman–Crippen MR) is 165 cm³/mol. The Bertz CT molecular complexity index is 1540. The molecule has 218 valence electrons. The van der Waals surface area contributed by atoms with Crippen molar-refractivity contribution >= 4 is 5.91 Å². The second kappa shape index (κ2) is 12.3. The van der Waals surface area contributed by atoms with Crippen molar-refractivity contribution in [3.8, 4) is 5.75 Å². The van der Waals surface area contributed by atoms with E-state index < -0.39 is 17.7 Å². The minimum Gasteiger partial charge on any atom is -0.497 e. The fourth-order valence-corrected chi connectivity index (χ4v) is 6.05. The fourth-order valence-electron chi connectivity index (χ4n) is 6.05. The molecule has 3 atom stereocenters. The highest BCUT2D eigenvalue weighted by Crippen LogP contribution is 2.41. The Kier molecular flexibility index (Phi) is 8.09. The van der Waals surface area contributed by atoms with Gasteiger partial charge in [0.25, 0.3) is 5.91 Å². The van der Waals surface area contributed by atoms with Crippen molar-refractivity contribution in [1.82, 2.24) is 14.5 Å². The van der Waals surface area contributed by atoms with Gasteiger partial charge in [0.15, 0.2) is 6.10 Å². The number of imidazole rings is 1. The van der Waals surface area contributed by atoms with Crippen molar-refractivity contribution in [3.63, 3.8) is 0 Å². The fraction of sp³-hybridized carbons (Fsp3) is 0.222. The van der Waals surface area contributed by atoms with Crippen molar-refractivity contribution < 1.29 is 19.4 Å². The van der Waals surface area contributed by atoms with Gasteiger partial charge in [0.05, 0.1) is 25.2 Å². The van der Waals surface area contributed by atoms with E-state index in [-0.39, 0.29) is 12.0 Å². The Morgan fingerprint density at radius 1 is 0.884 bits per heavy atom. The van der Waals surface area contributed by atoms with Crippen LogP contribution in [0, 0.1) is 0 Å². The third kappa shape index (κ3) is 5.45. The molecule has 1 aliphatic heterocycles. The number of aromatic nitrogens is 2. The Balaban J connectivity index is 1.37. The zero-order valence-corrected chi connectivity index (χ0v) is 24.3. The van der Waals surface area contributed by atoms with E-state index in [2.05, 4.69) is 41.4 Å². The van der Waals surface area contributed by atoms with Gasteiger partial charge in [-0.05, 0) is 41.3 Å². The maximum atomic E-state index is 13.7. The Morgan fingerprint density at radius 2 is 1.42 bits per heavy atom. The molecule has 1 amide bonds. The lowest BCUT2D eigenvalue weighted by Crippen LogP contribution is -2.52. The van der Waals surface area contributed by atoms with Gasteiger partial charge < -0.3 is 24.0 Å². The summed E-state index contributed by atoms with van der Waals surface area (Å²) in [6.45, 7) is 2.76. The van der Waals surface area contributed by atoms with Gasteiger partial charge in [-0.3, -0.25) is 4.79 Å². The van der Waals surface area contributed by atoms with Crippen LogP contribution in [0.25, 0.3) is 0 Å². The van der Waals surface area contributed by atoms with Crippen LogP contribution in [0.15, 0.2) is 128 Å². The number of carbonyl (C=O) groups excluding carboxylic acids is 1. The molecule has 43 heavy (non-hydrogen) atoms. The van der Waals surface area contributed by atoms with Crippen LogP contribution in [0.1, 0.15) is 41.0 Å². The first-order valence-electron chi connectivity index (χ1n) is 14.5. The first-order chi connectivity index (χ1) is 21.0. The van der Waals surface area contributed by atoms with E-state index in [0.717, 1.165) is 28.0 Å². The predicted octanol–water partition coefficient (Wildman–Crippen LogP) is 5.58. The number of ether oxygens (including phenoxy) is 2. The monoisotopic (exact) mass is 573 g/mol.